The van der Waals surface area contributed by atoms with Crippen LogP contribution in [0.1, 0.15) is 5.56 Å². The highest BCUT2D eigenvalue weighted by atomic mass is 35.5. The first-order valence-corrected chi connectivity index (χ1v) is 9.08. The van der Waals surface area contributed by atoms with Crippen LogP contribution in [-0.4, -0.2) is 18.0 Å². The van der Waals surface area contributed by atoms with E-state index < -0.39 is 0 Å². The number of fused-ring (bicyclic) bond motifs is 1. The quantitative estimate of drug-likeness (QED) is 0.498. The molecule has 1 N–H and O–H groups in total. The van der Waals surface area contributed by atoms with Crippen LogP contribution in [0.3, 0.4) is 0 Å². The van der Waals surface area contributed by atoms with E-state index in [9.17, 15) is 4.79 Å². The molecule has 28 heavy (non-hydrogen) atoms. The molecule has 1 aromatic heterocycles. The van der Waals surface area contributed by atoms with Crippen molar-refractivity contribution in [3.8, 4) is 17.2 Å². The van der Waals surface area contributed by atoms with Crippen molar-refractivity contribution < 1.29 is 13.9 Å². The number of nitrogens with zero attached hydrogens (tertiary/aromatic N) is 1. The number of rotatable bonds is 5. The maximum absolute atomic E-state index is 12.4. The second kappa shape index (κ2) is 7.74. The molecule has 0 bridgehead atoms. The Labute approximate surface area is 166 Å². The van der Waals surface area contributed by atoms with Gasteiger partial charge in [0, 0.05) is 16.3 Å². The van der Waals surface area contributed by atoms with Crippen molar-refractivity contribution in [3.63, 3.8) is 0 Å². The maximum atomic E-state index is 12.4. The summed E-state index contributed by atoms with van der Waals surface area (Å²) in [7, 11) is 1.61. The molecule has 0 saturated heterocycles. The molecule has 0 fully saturated rings. The Morgan fingerprint density at radius 1 is 1.11 bits per heavy atom. The standard InChI is InChI=1S/C22H17ClN2O3/c1-27-18-8-5-14(6-9-18)11-21(26)24-17-4-2-3-15(12-17)22-25-19-13-16(23)7-10-20(19)28-22/h2-10,12-13H,11H2,1H3,(H,24,26). The summed E-state index contributed by atoms with van der Waals surface area (Å²) in [6, 6.07) is 20.1. The zero-order valence-electron chi connectivity index (χ0n) is 15.1. The lowest BCUT2D eigenvalue weighted by Crippen LogP contribution is -2.14. The Hall–Kier alpha value is -3.31. The number of amides is 1. The minimum Gasteiger partial charge on any atom is -0.497 e. The second-order valence-corrected chi connectivity index (χ2v) is 6.72. The molecule has 0 aliphatic carbocycles. The van der Waals surface area contributed by atoms with Gasteiger partial charge in [-0.15, -0.1) is 0 Å². The van der Waals surface area contributed by atoms with Gasteiger partial charge in [-0.2, -0.15) is 0 Å². The van der Waals surface area contributed by atoms with E-state index in [1.165, 1.54) is 0 Å². The first kappa shape index (κ1) is 18.1. The van der Waals surface area contributed by atoms with Gasteiger partial charge in [0.05, 0.1) is 13.5 Å². The summed E-state index contributed by atoms with van der Waals surface area (Å²) in [5, 5.41) is 3.51. The third-order valence-corrected chi connectivity index (χ3v) is 4.50. The fourth-order valence-corrected chi connectivity index (χ4v) is 3.05. The molecule has 140 valence electrons. The molecule has 1 heterocycles. The second-order valence-electron chi connectivity index (χ2n) is 6.28. The fraction of sp³-hybridized carbons (Fsp3) is 0.0909. The normalized spacial score (nSPS) is 10.8. The molecule has 4 rings (SSSR count). The molecule has 1 amide bonds. The molecule has 0 unspecified atom stereocenters. The number of nitrogens with one attached hydrogen (secondary N) is 1. The summed E-state index contributed by atoms with van der Waals surface area (Å²) in [5.41, 5.74) is 3.71. The van der Waals surface area contributed by atoms with E-state index in [-0.39, 0.29) is 12.3 Å². The molecule has 4 aromatic rings. The minimum atomic E-state index is -0.105. The van der Waals surface area contributed by atoms with Crippen LogP contribution in [-0.2, 0) is 11.2 Å². The number of carbonyl (C=O) groups is 1. The lowest BCUT2D eigenvalue weighted by molar-refractivity contribution is -0.115. The number of methoxy groups -OCH3 is 1. The van der Waals surface area contributed by atoms with E-state index in [2.05, 4.69) is 10.3 Å². The Balaban J connectivity index is 1.50. The molecule has 0 aliphatic heterocycles. The number of oxazole rings is 1. The van der Waals surface area contributed by atoms with Gasteiger partial charge in [-0.05, 0) is 54.1 Å². The van der Waals surface area contributed by atoms with Crippen LogP contribution in [0.15, 0.2) is 71.1 Å². The third kappa shape index (κ3) is 4.00. The Kier molecular flexibility index (Phi) is 5.00. The molecule has 0 spiro atoms. The van der Waals surface area contributed by atoms with Gasteiger partial charge in [-0.25, -0.2) is 4.98 Å². The smallest absolute Gasteiger partial charge is 0.228 e. The molecule has 0 saturated carbocycles. The number of benzene rings is 3. The van der Waals surface area contributed by atoms with Crippen molar-refractivity contribution in [2.75, 3.05) is 12.4 Å². The molecule has 0 aliphatic rings. The number of hydrogen-bond donors (Lipinski definition) is 1. The third-order valence-electron chi connectivity index (χ3n) is 4.27. The van der Waals surface area contributed by atoms with Gasteiger partial charge in [-0.1, -0.05) is 29.8 Å². The van der Waals surface area contributed by atoms with E-state index in [1.807, 2.05) is 48.5 Å². The van der Waals surface area contributed by atoms with Gasteiger partial charge in [-0.3, -0.25) is 4.79 Å². The Morgan fingerprint density at radius 2 is 1.93 bits per heavy atom. The highest BCUT2D eigenvalue weighted by Gasteiger charge is 2.10. The van der Waals surface area contributed by atoms with Crippen molar-refractivity contribution >= 4 is 34.3 Å². The highest BCUT2D eigenvalue weighted by molar-refractivity contribution is 6.31. The SMILES string of the molecule is COc1ccc(CC(=O)Nc2cccc(-c3nc4cc(Cl)ccc4o3)c2)cc1. The summed E-state index contributed by atoms with van der Waals surface area (Å²) in [5.74, 6) is 1.13. The predicted molar refractivity (Wildman–Crippen MR) is 110 cm³/mol. The van der Waals surface area contributed by atoms with E-state index in [0.29, 0.717) is 27.7 Å². The Morgan fingerprint density at radius 3 is 2.71 bits per heavy atom. The topological polar surface area (TPSA) is 64.4 Å². The number of aromatic nitrogens is 1. The van der Waals surface area contributed by atoms with Crippen LogP contribution in [0, 0.1) is 0 Å². The molecular weight excluding hydrogens is 376 g/mol. The zero-order valence-corrected chi connectivity index (χ0v) is 15.9. The molecule has 6 heteroatoms. The van der Waals surface area contributed by atoms with E-state index in [4.69, 9.17) is 20.8 Å². The van der Waals surface area contributed by atoms with E-state index in [1.54, 1.807) is 25.3 Å². The van der Waals surface area contributed by atoms with Crippen molar-refractivity contribution in [2.24, 2.45) is 0 Å². The predicted octanol–water partition coefficient (Wildman–Crippen LogP) is 5.34. The van der Waals surface area contributed by atoms with Crippen molar-refractivity contribution in [1.29, 1.82) is 0 Å². The summed E-state index contributed by atoms with van der Waals surface area (Å²) in [4.78, 5) is 16.8. The van der Waals surface area contributed by atoms with E-state index in [0.717, 1.165) is 16.9 Å². The van der Waals surface area contributed by atoms with Gasteiger partial charge < -0.3 is 14.5 Å². The van der Waals surface area contributed by atoms with Crippen molar-refractivity contribution in [1.82, 2.24) is 4.98 Å². The van der Waals surface area contributed by atoms with Crippen molar-refractivity contribution in [3.05, 3.63) is 77.3 Å². The van der Waals surface area contributed by atoms with Gasteiger partial charge in [0.25, 0.3) is 0 Å². The monoisotopic (exact) mass is 392 g/mol. The van der Waals surface area contributed by atoms with Gasteiger partial charge in [0.2, 0.25) is 11.8 Å². The molecule has 3 aromatic carbocycles. The highest BCUT2D eigenvalue weighted by Crippen LogP contribution is 2.27. The van der Waals surface area contributed by atoms with Gasteiger partial charge >= 0.3 is 0 Å². The fourth-order valence-electron chi connectivity index (χ4n) is 2.89. The van der Waals surface area contributed by atoms with Crippen LogP contribution in [0.5, 0.6) is 5.75 Å². The zero-order chi connectivity index (χ0) is 19.5. The number of anilines is 1. The van der Waals surface area contributed by atoms with Crippen LogP contribution in [0.4, 0.5) is 5.69 Å². The number of hydrogen-bond acceptors (Lipinski definition) is 4. The van der Waals surface area contributed by atoms with Gasteiger partial charge in [0.1, 0.15) is 11.3 Å². The number of halogens is 1. The Bertz CT molecular complexity index is 1140. The molecule has 5 nitrogen and oxygen atoms in total. The van der Waals surface area contributed by atoms with Crippen LogP contribution < -0.4 is 10.1 Å². The average Bonchev–Trinajstić information content (AvgIpc) is 3.12. The van der Waals surface area contributed by atoms with Crippen LogP contribution in [0.25, 0.3) is 22.6 Å². The van der Waals surface area contributed by atoms with Gasteiger partial charge in [0.15, 0.2) is 5.58 Å². The summed E-state index contributed by atoms with van der Waals surface area (Å²) in [6.07, 6.45) is 0.273. The molecule has 0 radical (unpaired) electrons. The van der Waals surface area contributed by atoms with Crippen LogP contribution >= 0.6 is 11.6 Å². The average molecular weight is 393 g/mol. The van der Waals surface area contributed by atoms with E-state index >= 15 is 0 Å². The van der Waals surface area contributed by atoms with Crippen molar-refractivity contribution in [2.45, 2.75) is 6.42 Å². The molecule has 0 atom stereocenters. The largest absolute Gasteiger partial charge is 0.497 e. The molecular formula is C22H17ClN2O3. The first-order chi connectivity index (χ1) is 13.6. The lowest BCUT2D eigenvalue weighted by atomic mass is 10.1. The summed E-state index contributed by atoms with van der Waals surface area (Å²) < 4.78 is 10.9. The number of carbonyl (C=O) groups excluding carboxylic acids is 1. The first-order valence-electron chi connectivity index (χ1n) is 8.70. The number of ether oxygens (including phenoxy) is 1. The maximum Gasteiger partial charge on any atom is 0.228 e. The van der Waals surface area contributed by atoms with Crippen LogP contribution in [0.2, 0.25) is 5.02 Å². The lowest BCUT2D eigenvalue weighted by Gasteiger charge is -2.07. The summed E-state index contributed by atoms with van der Waals surface area (Å²) >= 11 is 6.00. The summed E-state index contributed by atoms with van der Waals surface area (Å²) in [6.45, 7) is 0. The minimum absolute atomic E-state index is 0.105.